The Morgan fingerprint density at radius 1 is 1.35 bits per heavy atom. The fourth-order valence-corrected chi connectivity index (χ4v) is 4.02. The molecular weight excluding hydrogens is 286 g/mol. The standard InChI is InChI=1S/C19H29N3O/c1-5-22-18(10-17(20-22)8-13(2)3)19(23)21-11-15-7-6-14(4)9-16(15)12-21/h6,10,13,15-16H,5,7-9,11-12H2,1-4H3/t15-,16+/m1/s1. The highest BCUT2D eigenvalue weighted by atomic mass is 16.2. The summed E-state index contributed by atoms with van der Waals surface area (Å²) in [5, 5.41) is 4.62. The Morgan fingerprint density at radius 2 is 2.09 bits per heavy atom. The highest BCUT2D eigenvalue weighted by molar-refractivity contribution is 5.93. The largest absolute Gasteiger partial charge is 0.337 e. The summed E-state index contributed by atoms with van der Waals surface area (Å²) in [6.45, 7) is 11.2. The summed E-state index contributed by atoms with van der Waals surface area (Å²) >= 11 is 0. The number of aryl methyl sites for hydroxylation is 1. The first kappa shape index (κ1) is 16.3. The lowest BCUT2D eigenvalue weighted by Crippen LogP contribution is -2.31. The molecule has 1 aliphatic carbocycles. The molecule has 0 bridgehead atoms. The van der Waals surface area contributed by atoms with Gasteiger partial charge < -0.3 is 4.90 Å². The van der Waals surface area contributed by atoms with E-state index in [0.717, 1.165) is 50.3 Å². The van der Waals surface area contributed by atoms with E-state index in [-0.39, 0.29) is 5.91 Å². The maximum Gasteiger partial charge on any atom is 0.272 e. The number of carbonyl (C=O) groups is 1. The van der Waals surface area contributed by atoms with Gasteiger partial charge in [0.05, 0.1) is 5.69 Å². The zero-order valence-electron chi connectivity index (χ0n) is 14.9. The quantitative estimate of drug-likeness (QED) is 0.797. The lowest BCUT2D eigenvalue weighted by molar-refractivity contribution is 0.0772. The van der Waals surface area contributed by atoms with Gasteiger partial charge in [0.2, 0.25) is 0 Å². The molecule has 1 amide bonds. The third kappa shape index (κ3) is 3.36. The minimum atomic E-state index is 0.168. The summed E-state index contributed by atoms with van der Waals surface area (Å²) in [6, 6.07) is 2.01. The van der Waals surface area contributed by atoms with E-state index in [1.807, 2.05) is 10.7 Å². The smallest absolute Gasteiger partial charge is 0.272 e. The lowest BCUT2D eigenvalue weighted by atomic mass is 9.83. The molecule has 4 nitrogen and oxygen atoms in total. The Morgan fingerprint density at radius 3 is 2.78 bits per heavy atom. The van der Waals surface area contributed by atoms with E-state index in [0.29, 0.717) is 17.8 Å². The van der Waals surface area contributed by atoms with E-state index in [1.165, 1.54) is 5.57 Å². The number of fused-ring (bicyclic) bond motifs is 1. The summed E-state index contributed by atoms with van der Waals surface area (Å²) in [5.41, 5.74) is 3.30. The molecule has 1 aliphatic heterocycles. The van der Waals surface area contributed by atoms with Gasteiger partial charge in [0.25, 0.3) is 5.91 Å². The van der Waals surface area contributed by atoms with Crippen molar-refractivity contribution in [2.24, 2.45) is 17.8 Å². The zero-order chi connectivity index (χ0) is 16.6. The molecule has 2 heterocycles. The van der Waals surface area contributed by atoms with E-state index >= 15 is 0 Å². The maximum atomic E-state index is 13.0. The lowest BCUT2D eigenvalue weighted by Gasteiger charge is -2.21. The van der Waals surface area contributed by atoms with Crippen LogP contribution >= 0.6 is 0 Å². The molecule has 0 aromatic carbocycles. The van der Waals surface area contributed by atoms with Gasteiger partial charge in [0.15, 0.2) is 0 Å². The fourth-order valence-electron chi connectivity index (χ4n) is 4.02. The molecule has 1 saturated heterocycles. The SMILES string of the molecule is CCn1nc(CC(C)C)cc1C(=O)N1C[C@H]2CC=C(C)C[C@H]2C1. The van der Waals surface area contributed by atoms with E-state index in [2.05, 4.69) is 43.8 Å². The van der Waals surface area contributed by atoms with Crippen LogP contribution in [0.3, 0.4) is 0 Å². The van der Waals surface area contributed by atoms with Gasteiger partial charge >= 0.3 is 0 Å². The van der Waals surface area contributed by atoms with Crippen LogP contribution in [0.5, 0.6) is 0 Å². The Kier molecular flexibility index (Phi) is 4.60. The summed E-state index contributed by atoms with van der Waals surface area (Å²) in [6.07, 6.45) is 5.57. The van der Waals surface area contributed by atoms with Crippen molar-refractivity contribution in [3.05, 3.63) is 29.1 Å². The molecule has 1 aromatic heterocycles. The Hall–Kier alpha value is -1.58. The van der Waals surface area contributed by atoms with Crippen LogP contribution in [0.1, 0.15) is 56.7 Å². The molecule has 0 saturated carbocycles. The molecule has 0 unspecified atom stereocenters. The van der Waals surface area contributed by atoms with E-state index in [1.54, 1.807) is 0 Å². The first-order chi connectivity index (χ1) is 11.0. The number of likely N-dealkylation sites (tertiary alicyclic amines) is 1. The van der Waals surface area contributed by atoms with E-state index in [4.69, 9.17) is 0 Å². The number of hydrogen-bond acceptors (Lipinski definition) is 2. The van der Waals surface area contributed by atoms with Crippen molar-refractivity contribution in [2.45, 2.75) is 53.5 Å². The van der Waals surface area contributed by atoms with Gasteiger partial charge in [-0.25, -0.2) is 0 Å². The number of aromatic nitrogens is 2. The minimum absolute atomic E-state index is 0.168. The maximum absolute atomic E-state index is 13.0. The third-order valence-electron chi connectivity index (χ3n) is 5.18. The molecule has 3 rings (SSSR count). The molecule has 0 N–H and O–H groups in total. The number of carbonyl (C=O) groups excluding carboxylic acids is 1. The minimum Gasteiger partial charge on any atom is -0.337 e. The predicted molar refractivity (Wildman–Crippen MR) is 92.3 cm³/mol. The van der Waals surface area contributed by atoms with Crippen LogP contribution in [-0.2, 0) is 13.0 Å². The average Bonchev–Trinajstić information content (AvgIpc) is 3.08. The number of rotatable bonds is 4. The first-order valence-corrected chi connectivity index (χ1v) is 8.99. The molecule has 23 heavy (non-hydrogen) atoms. The average molecular weight is 315 g/mol. The highest BCUT2D eigenvalue weighted by Gasteiger charge is 2.37. The molecule has 0 spiro atoms. The van der Waals surface area contributed by atoms with Crippen molar-refractivity contribution in [1.82, 2.24) is 14.7 Å². The Labute approximate surface area is 139 Å². The summed E-state index contributed by atoms with van der Waals surface area (Å²) < 4.78 is 1.88. The van der Waals surface area contributed by atoms with Crippen LogP contribution in [-0.4, -0.2) is 33.7 Å². The molecule has 2 atom stereocenters. The van der Waals surface area contributed by atoms with E-state index in [9.17, 15) is 4.79 Å². The number of nitrogens with zero attached hydrogens (tertiary/aromatic N) is 3. The number of hydrogen-bond donors (Lipinski definition) is 0. The molecule has 126 valence electrons. The van der Waals surface area contributed by atoms with E-state index < -0.39 is 0 Å². The normalized spacial score (nSPS) is 24.0. The molecule has 1 aromatic rings. The molecule has 1 fully saturated rings. The van der Waals surface area contributed by atoms with Gasteiger partial charge in [0.1, 0.15) is 5.69 Å². The van der Waals surface area contributed by atoms with Gasteiger partial charge in [-0.3, -0.25) is 9.48 Å². The van der Waals surface area contributed by atoms with Gasteiger partial charge in [-0.05, 0) is 56.9 Å². The van der Waals surface area contributed by atoms with Gasteiger partial charge in [0, 0.05) is 19.6 Å². The molecule has 4 heteroatoms. The zero-order valence-corrected chi connectivity index (χ0v) is 14.9. The van der Waals surface area contributed by atoms with Gasteiger partial charge in [-0.2, -0.15) is 5.10 Å². The molecular formula is C19H29N3O. The topological polar surface area (TPSA) is 38.1 Å². The van der Waals surface area contributed by atoms with Crippen molar-refractivity contribution in [1.29, 1.82) is 0 Å². The van der Waals surface area contributed by atoms with Gasteiger partial charge in [-0.15, -0.1) is 0 Å². The summed E-state index contributed by atoms with van der Waals surface area (Å²) in [7, 11) is 0. The van der Waals surface area contributed by atoms with Crippen LogP contribution in [0.2, 0.25) is 0 Å². The van der Waals surface area contributed by atoms with Crippen molar-refractivity contribution >= 4 is 5.91 Å². The second-order valence-electron chi connectivity index (χ2n) is 7.66. The second-order valence-corrected chi connectivity index (χ2v) is 7.66. The first-order valence-electron chi connectivity index (χ1n) is 8.99. The van der Waals surface area contributed by atoms with Crippen molar-refractivity contribution in [3.8, 4) is 0 Å². The Bertz CT molecular complexity index is 614. The van der Waals surface area contributed by atoms with Crippen LogP contribution in [0, 0.1) is 17.8 Å². The fraction of sp³-hybridized carbons (Fsp3) is 0.684. The summed E-state index contributed by atoms with van der Waals surface area (Å²) in [5.74, 6) is 2.02. The van der Waals surface area contributed by atoms with Crippen LogP contribution < -0.4 is 0 Å². The number of amides is 1. The third-order valence-corrected chi connectivity index (χ3v) is 5.18. The Balaban J connectivity index is 1.75. The monoisotopic (exact) mass is 315 g/mol. The molecule has 0 radical (unpaired) electrons. The highest BCUT2D eigenvalue weighted by Crippen LogP contribution is 2.36. The van der Waals surface area contributed by atoms with Crippen LogP contribution in [0.25, 0.3) is 0 Å². The van der Waals surface area contributed by atoms with Crippen molar-refractivity contribution in [3.63, 3.8) is 0 Å². The number of allylic oxidation sites excluding steroid dienone is 2. The van der Waals surface area contributed by atoms with Crippen molar-refractivity contribution in [2.75, 3.05) is 13.1 Å². The predicted octanol–water partition coefficient (Wildman–Crippen LogP) is 3.53. The second kappa shape index (κ2) is 6.50. The van der Waals surface area contributed by atoms with Gasteiger partial charge in [-0.1, -0.05) is 25.5 Å². The molecule has 2 aliphatic rings. The summed E-state index contributed by atoms with van der Waals surface area (Å²) in [4.78, 5) is 15.1. The van der Waals surface area contributed by atoms with Crippen LogP contribution in [0.4, 0.5) is 0 Å². The van der Waals surface area contributed by atoms with Crippen molar-refractivity contribution < 1.29 is 4.79 Å². The van der Waals surface area contributed by atoms with Crippen LogP contribution in [0.15, 0.2) is 17.7 Å².